The number of anilines is 2. The van der Waals surface area contributed by atoms with Gasteiger partial charge in [-0.3, -0.25) is 9.69 Å². The molecule has 1 aliphatic rings. The second-order valence-corrected chi connectivity index (χ2v) is 6.64. The van der Waals surface area contributed by atoms with Gasteiger partial charge in [-0.05, 0) is 55.0 Å². The molecule has 0 saturated carbocycles. The van der Waals surface area contributed by atoms with Gasteiger partial charge in [-0.25, -0.2) is 4.39 Å². The first-order valence-electron chi connectivity index (χ1n) is 8.83. The number of aromatic hydroxyl groups is 1. The molecule has 1 aromatic heterocycles. The summed E-state index contributed by atoms with van der Waals surface area (Å²) < 4.78 is 16.3. The molecular formula is C21H20FN3O2. The van der Waals surface area contributed by atoms with Gasteiger partial charge in [0.05, 0.1) is 11.3 Å². The fourth-order valence-corrected chi connectivity index (χ4v) is 3.34. The fourth-order valence-electron chi connectivity index (χ4n) is 3.34. The van der Waals surface area contributed by atoms with E-state index in [1.165, 1.54) is 23.1 Å². The fraction of sp³-hybridized carbons (Fsp3) is 0.190. The summed E-state index contributed by atoms with van der Waals surface area (Å²) in [5.74, 6) is -0.502. The number of amides is 1. The lowest BCUT2D eigenvalue weighted by molar-refractivity contribution is 0.0997. The average molecular weight is 365 g/mol. The Morgan fingerprint density at radius 2 is 1.89 bits per heavy atom. The van der Waals surface area contributed by atoms with Crippen LogP contribution in [0.3, 0.4) is 0 Å². The first-order valence-corrected chi connectivity index (χ1v) is 8.83. The third kappa shape index (κ3) is 3.19. The highest BCUT2D eigenvalue weighted by atomic mass is 19.1. The largest absolute Gasteiger partial charge is 0.508 e. The molecule has 0 unspecified atom stereocenters. The summed E-state index contributed by atoms with van der Waals surface area (Å²) in [5, 5.41) is 12.9. The van der Waals surface area contributed by atoms with Gasteiger partial charge in [0.25, 0.3) is 5.91 Å². The molecule has 0 atom stereocenters. The monoisotopic (exact) mass is 365 g/mol. The van der Waals surface area contributed by atoms with E-state index in [1.807, 2.05) is 12.3 Å². The highest BCUT2D eigenvalue weighted by Gasteiger charge is 2.25. The number of aromatic nitrogens is 1. The number of aryl methyl sites for hydroxylation is 1. The van der Waals surface area contributed by atoms with Gasteiger partial charge in [0.2, 0.25) is 0 Å². The number of nitrogens with zero attached hydrogens (tertiary/aromatic N) is 2. The molecule has 2 N–H and O–H groups in total. The Labute approximate surface area is 156 Å². The molecule has 27 heavy (non-hydrogen) atoms. The minimum absolute atomic E-state index is 0.103. The maximum Gasteiger partial charge on any atom is 0.264 e. The van der Waals surface area contributed by atoms with Gasteiger partial charge in [0.15, 0.2) is 0 Å². The van der Waals surface area contributed by atoms with Gasteiger partial charge in [0, 0.05) is 37.2 Å². The van der Waals surface area contributed by atoms with Crippen molar-refractivity contribution in [1.82, 2.24) is 9.88 Å². The van der Waals surface area contributed by atoms with Crippen LogP contribution in [0.1, 0.15) is 21.6 Å². The van der Waals surface area contributed by atoms with E-state index in [4.69, 9.17) is 0 Å². The number of carbonyl (C=O) groups excluding carboxylic acids is 1. The molecule has 0 bridgehead atoms. The van der Waals surface area contributed by atoms with E-state index >= 15 is 0 Å². The topological polar surface area (TPSA) is 57.5 Å². The highest BCUT2D eigenvalue weighted by molar-refractivity contribution is 6.11. The molecule has 0 saturated heterocycles. The van der Waals surface area contributed by atoms with Crippen molar-refractivity contribution in [2.75, 3.05) is 11.4 Å². The van der Waals surface area contributed by atoms with Crippen LogP contribution < -0.4 is 10.2 Å². The van der Waals surface area contributed by atoms with Crippen molar-refractivity contribution in [3.63, 3.8) is 0 Å². The summed E-state index contributed by atoms with van der Waals surface area (Å²) >= 11 is 0. The van der Waals surface area contributed by atoms with Crippen LogP contribution in [0.15, 0.2) is 54.7 Å². The first kappa shape index (κ1) is 17.3. The van der Waals surface area contributed by atoms with Crippen molar-refractivity contribution < 1.29 is 14.3 Å². The number of benzene rings is 2. The maximum atomic E-state index is 14.2. The van der Waals surface area contributed by atoms with Gasteiger partial charge < -0.3 is 15.0 Å². The number of phenolic OH excluding ortho intramolecular Hbond substituents is 1. The number of hydrogen-bond acceptors (Lipinski definition) is 3. The highest BCUT2D eigenvalue weighted by Crippen LogP contribution is 2.31. The molecule has 0 spiro atoms. The molecule has 1 aliphatic heterocycles. The molecule has 2 aromatic carbocycles. The number of halogens is 1. The number of nitrogens with one attached hydrogen (secondary N) is 1. The van der Waals surface area contributed by atoms with E-state index < -0.39 is 0 Å². The van der Waals surface area contributed by atoms with Crippen LogP contribution in [0.2, 0.25) is 0 Å². The second kappa shape index (κ2) is 6.89. The van der Waals surface area contributed by atoms with E-state index in [9.17, 15) is 14.3 Å². The van der Waals surface area contributed by atoms with Gasteiger partial charge in [-0.1, -0.05) is 6.07 Å². The van der Waals surface area contributed by atoms with Crippen LogP contribution in [0.4, 0.5) is 15.8 Å². The van der Waals surface area contributed by atoms with Crippen LogP contribution in [0.5, 0.6) is 5.75 Å². The average Bonchev–Trinajstić information content (AvgIpc) is 3.10. The molecule has 5 nitrogen and oxygen atoms in total. The predicted octanol–water partition coefficient (Wildman–Crippen LogP) is 3.72. The van der Waals surface area contributed by atoms with Crippen LogP contribution >= 0.6 is 0 Å². The predicted molar refractivity (Wildman–Crippen MR) is 102 cm³/mol. The summed E-state index contributed by atoms with van der Waals surface area (Å²) in [4.78, 5) is 14.9. The number of hydrogen-bond donors (Lipinski definition) is 2. The summed E-state index contributed by atoms with van der Waals surface area (Å²) in [6.07, 6.45) is 1.91. The summed E-state index contributed by atoms with van der Waals surface area (Å²) in [6, 6.07) is 12.9. The van der Waals surface area contributed by atoms with Crippen LogP contribution in [0.25, 0.3) is 0 Å². The zero-order valence-electron chi connectivity index (χ0n) is 14.9. The maximum absolute atomic E-state index is 14.2. The van der Waals surface area contributed by atoms with Crippen molar-refractivity contribution in [3.05, 3.63) is 77.4 Å². The van der Waals surface area contributed by atoms with Crippen molar-refractivity contribution in [2.45, 2.75) is 20.0 Å². The molecule has 2 heterocycles. The Morgan fingerprint density at radius 3 is 2.63 bits per heavy atom. The molecule has 6 heteroatoms. The number of phenols is 1. The van der Waals surface area contributed by atoms with E-state index in [0.717, 1.165) is 18.8 Å². The van der Waals surface area contributed by atoms with Crippen LogP contribution in [-0.2, 0) is 13.1 Å². The molecule has 0 aliphatic carbocycles. The Kier molecular flexibility index (Phi) is 4.41. The first-order chi connectivity index (χ1) is 13.0. The third-order valence-corrected chi connectivity index (χ3v) is 4.86. The lowest BCUT2D eigenvalue weighted by Crippen LogP contribution is -2.31. The van der Waals surface area contributed by atoms with Crippen molar-refractivity contribution in [2.24, 2.45) is 0 Å². The summed E-state index contributed by atoms with van der Waals surface area (Å²) in [5.41, 5.74) is 3.02. The van der Waals surface area contributed by atoms with E-state index in [0.29, 0.717) is 29.0 Å². The minimum Gasteiger partial charge on any atom is -0.508 e. The standard InChI is InChI=1S/C21H20FN3O2/c1-14-2-3-16(12-19(14)22)25(15-4-6-17(26)7-5-15)21(27)18-8-10-24-11-9-23-13-20(18)24/h2-8,10,12,23,26H,9,11,13H2,1H3. The van der Waals surface area contributed by atoms with Crippen molar-refractivity contribution in [1.29, 1.82) is 0 Å². The number of carbonyl (C=O) groups is 1. The van der Waals surface area contributed by atoms with Crippen LogP contribution in [-0.4, -0.2) is 22.1 Å². The molecule has 0 fully saturated rings. The lowest BCUT2D eigenvalue weighted by Gasteiger charge is -2.25. The van der Waals surface area contributed by atoms with E-state index in [1.54, 1.807) is 31.2 Å². The quantitative estimate of drug-likeness (QED) is 0.744. The Morgan fingerprint density at radius 1 is 1.15 bits per heavy atom. The van der Waals surface area contributed by atoms with Gasteiger partial charge in [-0.2, -0.15) is 0 Å². The van der Waals surface area contributed by atoms with Crippen molar-refractivity contribution >= 4 is 17.3 Å². The molecule has 0 radical (unpaired) electrons. The molecular weight excluding hydrogens is 345 g/mol. The Balaban J connectivity index is 1.82. The summed E-state index contributed by atoms with van der Waals surface area (Å²) in [7, 11) is 0. The number of rotatable bonds is 3. The molecule has 138 valence electrons. The second-order valence-electron chi connectivity index (χ2n) is 6.64. The normalized spacial score (nSPS) is 13.3. The van der Waals surface area contributed by atoms with Gasteiger partial charge >= 0.3 is 0 Å². The Hall–Kier alpha value is -3.12. The smallest absolute Gasteiger partial charge is 0.264 e. The lowest BCUT2D eigenvalue weighted by atomic mass is 10.1. The van der Waals surface area contributed by atoms with Crippen LogP contribution in [0, 0.1) is 12.7 Å². The SMILES string of the molecule is Cc1ccc(N(C(=O)c2ccn3c2CNCC3)c2ccc(O)cc2)cc1F. The minimum atomic E-state index is -0.371. The molecule has 1 amide bonds. The zero-order valence-corrected chi connectivity index (χ0v) is 14.9. The van der Waals surface area contributed by atoms with E-state index in [-0.39, 0.29) is 17.5 Å². The van der Waals surface area contributed by atoms with E-state index in [2.05, 4.69) is 9.88 Å². The zero-order chi connectivity index (χ0) is 19.0. The molecule has 3 aromatic rings. The molecule has 4 rings (SSSR count). The number of fused-ring (bicyclic) bond motifs is 1. The van der Waals surface area contributed by atoms with Gasteiger partial charge in [-0.15, -0.1) is 0 Å². The van der Waals surface area contributed by atoms with Gasteiger partial charge in [0.1, 0.15) is 11.6 Å². The third-order valence-electron chi connectivity index (χ3n) is 4.86. The summed E-state index contributed by atoms with van der Waals surface area (Å²) in [6.45, 7) is 3.96. The Bertz CT molecular complexity index is 995. The van der Waals surface area contributed by atoms with Crippen molar-refractivity contribution in [3.8, 4) is 5.75 Å².